The second kappa shape index (κ2) is 125. The first-order chi connectivity index (χ1) is 1.73. The molecule has 0 bridgehead atoms. The molecule has 72 valence electrons. The van der Waals surface area contributed by atoms with Crippen LogP contribution in [0.5, 0.6) is 0 Å². The van der Waals surface area contributed by atoms with E-state index in [0.717, 1.165) is 0 Å². The Morgan fingerprint density at radius 2 is 0.444 bits per heavy atom. The van der Waals surface area contributed by atoms with E-state index in [9.17, 15) is 0 Å². The summed E-state index contributed by atoms with van der Waals surface area (Å²) in [6, 6.07) is 0. The summed E-state index contributed by atoms with van der Waals surface area (Å²) >= 11 is 0. The summed E-state index contributed by atoms with van der Waals surface area (Å²) in [5.74, 6) is 0. The van der Waals surface area contributed by atoms with E-state index in [-0.39, 0.29) is 265 Å². The van der Waals surface area contributed by atoms with Crippen LogP contribution in [0.3, 0.4) is 0 Å². The summed E-state index contributed by atoms with van der Waals surface area (Å²) in [6.45, 7) is 0. The first-order valence-corrected chi connectivity index (χ1v) is 1.84. The molecule has 0 heterocycles. The average Bonchev–Trinajstić information content (AvgIpc) is 0.811. The van der Waals surface area contributed by atoms with Gasteiger partial charge < -0.3 is 42.3 Å². The molecule has 0 radical (unpaired) electrons. The summed E-state index contributed by atoms with van der Waals surface area (Å²) in [4.78, 5) is 17.0. The molecule has 0 atom stereocenters. The quantitative estimate of drug-likeness (QED) is 0.313. The predicted octanol–water partition coefficient (Wildman–Crippen LogP) is -44.8. The third kappa shape index (κ3) is 221. The molecule has 0 aromatic carbocycles. The van der Waals surface area contributed by atoms with Crippen LogP contribution in [0.1, 0.15) is 0 Å². The van der Waals surface area contributed by atoms with Crippen molar-refractivity contribution in [1.29, 1.82) is 0 Å². The summed E-state index contributed by atoms with van der Waals surface area (Å²) in [5.41, 5.74) is 0. The van der Waals surface area contributed by atoms with Gasteiger partial charge in [0.25, 0.3) is 0 Å². The van der Waals surface area contributed by atoms with Crippen LogP contribution in [-0.4, -0.2) is 9.17 Å². The number of hydrogen-bond donors (Lipinski definition) is 0. The Hall–Kier alpha value is 7.20. The molecule has 18 heavy (non-hydrogen) atoms. The van der Waals surface area contributed by atoms with Crippen molar-refractivity contribution in [3.63, 3.8) is 0 Å². The van der Waals surface area contributed by atoms with E-state index in [0.29, 0.717) is 0 Å². The Morgan fingerprint density at radius 1 is 0.444 bits per heavy atom. The molecule has 0 unspecified atom stereocenters. The smallest absolute Gasteiger partial charge is 1.00 e. The molecule has 18 heteroatoms. The van der Waals surface area contributed by atoms with Crippen molar-refractivity contribution in [3.05, 3.63) is 0 Å². The molecular weight excluding hydrogens is 374 g/mol. The van der Waals surface area contributed by atoms with Crippen molar-refractivity contribution >= 4 is 9.17 Å². The van der Waals surface area contributed by atoms with E-state index in [4.69, 9.17) is 14.1 Å². The molecule has 3 nitrogen and oxygen atoms in total. The van der Waals surface area contributed by atoms with Gasteiger partial charge in [-0.15, -0.1) is 0 Å². The molecular formula is F6Na8O3Si. The maximum absolute atomic E-state index is 8.52. The molecule has 0 aliphatic carbocycles. The normalized spacial score (nSPS) is 1.33. The van der Waals surface area contributed by atoms with Crippen molar-refractivity contribution in [1.82, 2.24) is 0 Å². The Morgan fingerprint density at radius 3 is 0.444 bits per heavy atom. The van der Waals surface area contributed by atoms with E-state index < -0.39 is 9.17 Å². The molecule has 0 rings (SSSR count). The fourth-order valence-electron chi connectivity index (χ4n) is 0. The number of hydrogen-bond acceptors (Lipinski definition) is 3. The van der Waals surface area contributed by atoms with Gasteiger partial charge in [0.15, 0.2) is 0 Å². The topological polar surface area (TPSA) is 63.2 Å². The molecule has 0 amide bonds. The fraction of sp³-hybridized carbons (Fsp3) is 0. The van der Waals surface area contributed by atoms with Crippen LogP contribution in [0.2, 0.25) is 0 Å². The molecule has 0 aliphatic rings. The third-order valence-corrected chi connectivity index (χ3v) is 0. The second-order valence-electron chi connectivity index (χ2n) is 0.250. The van der Waals surface area contributed by atoms with E-state index in [1.54, 1.807) is 0 Å². The Labute approximate surface area is 280 Å². The van der Waals surface area contributed by atoms with Crippen LogP contribution >= 0.6 is 0 Å². The molecule has 0 aromatic rings. The minimum Gasteiger partial charge on any atom is -1.00 e. The van der Waals surface area contributed by atoms with Gasteiger partial charge in [0.1, 0.15) is 0 Å². The van der Waals surface area contributed by atoms with Gasteiger partial charge in [-0.05, 0) is 0 Å². The molecule has 0 fully saturated rings. The van der Waals surface area contributed by atoms with Crippen LogP contribution < -0.4 is 274 Å². The zero-order valence-electron chi connectivity index (χ0n) is 12.0. The van der Waals surface area contributed by atoms with E-state index >= 15 is 0 Å². The largest absolute Gasteiger partial charge is 1.00 e. The number of rotatable bonds is 0. The molecule has 0 saturated carbocycles. The van der Waals surface area contributed by atoms with E-state index in [1.807, 2.05) is 0 Å². The predicted molar refractivity (Wildman–Crippen MR) is 6.44 cm³/mol. The van der Waals surface area contributed by atoms with Crippen LogP contribution in [0.15, 0.2) is 0 Å². The minimum absolute atomic E-state index is 0. The number of halogens is 6. The second-order valence-corrected chi connectivity index (χ2v) is 0.750. The molecule has 0 N–H and O–H groups in total. The Bertz CT molecular complexity index is 53.8. The van der Waals surface area contributed by atoms with E-state index in [2.05, 4.69) is 0 Å². The fourth-order valence-corrected chi connectivity index (χ4v) is 0. The van der Waals surface area contributed by atoms with Crippen molar-refractivity contribution in [3.8, 4) is 0 Å². The van der Waals surface area contributed by atoms with Gasteiger partial charge in [-0.3, -0.25) is 0 Å². The van der Waals surface area contributed by atoms with E-state index in [1.165, 1.54) is 0 Å². The van der Waals surface area contributed by atoms with Crippen LogP contribution in [0.4, 0.5) is 0 Å². The van der Waals surface area contributed by atoms with Crippen molar-refractivity contribution in [2.75, 3.05) is 0 Å². The van der Waals surface area contributed by atoms with Crippen molar-refractivity contribution in [2.24, 2.45) is 0 Å². The standard InChI is InChI=1S/6FH.8Na.O3Si/c;;;;;;;;;;;;;;1-4(2)3/h6*1H;;;;;;;;;/q;;;;;;8*+1;-2/p-6. The Balaban J connectivity index is -0.000000000495. The van der Waals surface area contributed by atoms with Gasteiger partial charge in [-0.25, -0.2) is 0 Å². The van der Waals surface area contributed by atoms with Crippen molar-refractivity contribution < 1.29 is 279 Å². The molecule has 0 spiro atoms. The average molecular weight is 374 g/mol. The monoisotopic (exact) mass is 374 g/mol. The van der Waals surface area contributed by atoms with Crippen LogP contribution in [0, 0.1) is 0 Å². The maximum atomic E-state index is 8.52. The van der Waals surface area contributed by atoms with Gasteiger partial charge in [-0.1, -0.05) is 0 Å². The molecule has 0 aliphatic heterocycles. The van der Waals surface area contributed by atoms with Gasteiger partial charge in [-0.2, -0.15) is 0 Å². The first-order valence-electron chi connectivity index (χ1n) is 0.612. The molecule has 0 aromatic heterocycles. The van der Waals surface area contributed by atoms with Crippen LogP contribution in [0.25, 0.3) is 0 Å². The van der Waals surface area contributed by atoms with Gasteiger partial charge in [0.2, 0.25) is 0 Å². The zero-order valence-corrected chi connectivity index (χ0v) is 29.0. The Kier molecular flexibility index (Phi) is 987. The SMILES string of the molecule is O=[Si]([O-])[O-].[F-].[F-].[F-].[F-].[F-].[F-].[Na+].[Na+].[Na+].[Na+].[Na+].[Na+].[Na+].[Na+]. The summed E-state index contributed by atoms with van der Waals surface area (Å²) in [7, 11) is -3.63. The molecule has 0 saturated heterocycles. The van der Waals surface area contributed by atoms with Gasteiger partial charge >= 0.3 is 236 Å². The first kappa shape index (κ1) is 142. The summed E-state index contributed by atoms with van der Waals surface area (Å²) in [5, 5.41) is 0. The summed E-state index contributed by atoms with van der Waals surface area (Å²) < 4.78 is 8.52. The zero-order chi connectivity index (χ0) is 3.58. The summed E-state index contributed by atoms with van der Waals surface area (Å²) in [6.07, 6.45) is 0. The van der Waals surface area contributed by atoms with Gasteiger partial charge in [0, 0.05) is 9.17 Å². The van der Waals surface area contributed by atoms with Crippen molar-refractivity contribution in [2.45, 2.75) is 0 Å². The van der Waals surface area contributed by atoms with Gasteiger partial charge in [0.05, 0.1) is 0 Å². The third-order valence-electron chi connectivity index (χ3n) is 0. The minimum atomic E-state index is -3.63. The maximum Gasteiger partial charge on any atom is 1.00 e. The van der Waals surface area contributed by atoms with Crippen LogP contribution in [-0.2, 0) is 4.46 Å².